The highest BCUT2D eigenvalue weighted by atomic mass is 31.0. The number of carbonyl (C=O) groups excluding carboxylic acids is 1. The highest BCUT2D eigenvalue weighted by Gasteiger charge is 2.43. The van der Waals surface area contributed by atoms with Crippen molar-refractivity contribution in [1.82, 2.24) is 0 Å². The van der Waals surface area contributed by atoms with Crippen molar-refractivity contribution in [3.8, 4) is 0 Å². The quantitative estimate of drug-likeness (QED) is 0.509. The van der Waals surface area contributed by atoms with Gasteiger partial charge in [0.25, 0.3) is 0 Å². The number of ketones is 1. The molecule has 3 aromatic rings. The van der Waals surface area contributed by atoms with Crippen LogP contribution in [0, 0.1) is 0 Å². The average molecular weight is 319 g/mol. The van der Waals surface area contributed by atoms with Gasteiger partial charge in [-0.25, -0.2) is 0 Å². The molecule has 0 spiro atoms. The number of benzene rings is 3. The number of hydrogen-bond donors (Lipinski definition) is 0. The zero-order valence-electron chi connectivity index (χ0n) is 13.0. The lowest BCUT2D eigenvalue weighted by molar-refractivity contribution is -0.119. The molecular weight excluding hydrogens is 299 g/mol. The minimum Gasteiger partial charge on any atom is -0.294 e. The Hall–Kier alpha value is -2.24. The van der Waals surface area contributed by atoms with Gasteiger partial charge in [-0.1, -0.05) is 91.0 Å². The van der Waals surface area contributed by atoms with Crippen LogP contribution in [-0.2, 0) is 10.2 Å². The topological polar surface area (TPSA) is 17.1 Å². The van der Waals surface area contributed by atoms with Crippen molar-refractivity contribution in [2.24, 2.45) is 0 Å². The van der Waals surface area contributed by atoms with Gasteiger partial charge in [-0.15, -0.1) is 0 Å². The smallest absolute Gasteiger partial charge is 0.188 e. The first-order valence-electron chi connectivity index (χ1n) is 7.79. The molecule has 2 heteroatoms. The predicted octanol–water partition coefficient (Wildman–Crippen LogP) is 4.20. The van der Waals surface area contributed by atoms with Crippen molar-refractivity contribution in [1.29, 1.82) is 0 Å². The highest BCUT2D eigenvalue weighted by molar-refractivity contribution is 7.18. The van der Waals surface area contributed by atoms with Crippen molar-refractivity contribution in [2.45, 2.75) is 5.41 Å². The summed E-state index contributed by atoms with van der Waals surface area (Å²) >= 11 is 0. The number of rotatable bonds is 5. The lowest BCUT2D eigenvalue weighted by Gasteiger charge is -2.33. The monoisotopic (exact) mass is 319 g/mol. The van der Waals surface area contributed by atoms with Crippen LogP contribution >= 0.6 is 9.24 Å². The van der Waals surface area contributed by atoms with Gasteiger partial charge in [-0.3, -0.25) is 4.79 Å². The first kappa shape index (κ1) is 15.6. The number of carbonyl (C=O) groups is 1. The molecule has 23 heavy (non-hydrogen) atoms. The van der Waals surface area contributed by atoms with E-state index in [2.05, 4.69) is 36.4 Å². The highest BCUT2D eigenvalue weighted by Crippen LogP contribution is 2.40. The van der Waals surface area contributed by atoms with Crippen molar-refractivity contribution in [3.63, 3.8) is 0 Å². The van der Waals surface area contributed by atoms with E-state index >= 15 is 0 Å². The second-order valence-corrected chi connectivity index (χ2v) is 6.02. The molecule has 0 radical (unpaired) electrons. The van der Waals surface area contributed by atoms with E-state index < -0.39 is 5.41 Å². The second kappa shape index (κ2) is 6.89. The van der Waals surface area contributed by atoms with Gasteiger partial charge in [0.1, 0.15) is 11.6 Å². The minimum atomic E-state index is -0.745. The summed E-state index contributed by atoms with van der Waals surface area (Å²) in [7, 11) is 1.72. The molecule has 0 amide bonds. The molecule has 0 heterocycles. The fourth-order valence-corrected chi connectivity index (χ4v) is 3.61. The Balaban J connectivity index is 2.38. The summed E-state index contributed by atoms with van der Waals surface area (Å²) in [6.07, 6.45) is 0.513. The molecule has 0 bridgehead atoms. The van der Waals surface area contributed by atoms with Gasteiger partial charge in [0.2, 0.25) is 0 Å². The van der Waals surface area contributed by atoms with E-state index in [0.717, 1.165) is 16.7 Å². The van der Waals surface area contributed by atoms with Gasteiger partial charge in [0.15, 0.2) is 5.78 Å². The first-order chi connectivity index (χ1) is 11.3. The van der Waals surface area contributed by atoms with E-state index in [9.17, 15) is 4.79 Å². The van der Waals surface area contributed by atoms with Crippen LogP contribution in [0.4, 0.5) is 0 Å². The average Bonchev–Trinajstić information content (AvgIpc) is 2.65. The van der Waals surface area contributed by atoms with E-state index in [0.29, 0.717) is 6.16 Å². The fourth-order valence-electron chi connectivity index (χ4n) is 3.23. The van der Waals surface area contributed by atoms with E-state index in [1.165, 1.54) is 0 Å². The first-order valence-corrected chi connectivity index (χ1v) is 8.79. The Morgan fingerprint density at radius 1 is 0.652 bits per heavy atom. The van der Waals surface area contributed by atoms with Crippen LogP contribution in [0.25, 0.3) is 0 Å². The van der Waals surface area contributed by atoms with Gasteiger partial charge in [-0.05, 0) is 25.9 Å². The molecule has 114 valence electrons. The van der Waals surface area contributed by atoms with Crippen LogP contribution in [-0.4, -0.2) is 11.9 Å². The van der Waals surface area contributed by atoms with Crippen LogP contribution in [0.15, 0.2) is 91.0 Å². The number of hydrogen-bond acceptors (Lipinski definition) is 1. The molecule has 0 aliphatic heterocycles. The molecule has 0 aliphatic carbocycles. The third kappa shape index (κ3) is 2.73. The van der Waals surface area contributed by atoms with Gasteiger partial charge in [0.05, 0.1) is 0 Å². The van der Waals surface area contributed by atoms with Crippen LogP contribution in [0.5, 0.6) is 0 Å². The summed E-state index contributed by atoms with van der Waals surface area (Å²) in [6, 6.07) is 30.3. The van der Waals surface area contributed by atoms with Gasteiger partial charge in [-0.2, -0.15) is 0 Å². The van der Waals surface area contributed by atoms with Crippen molar-refractivity contribution in [2.75, 3.05) is 6.16 Å². The molecule has 0 aliphatic rings. The molecule has 0 aromatic heterocycles. The third-order valence-electron chi connectivity index (χ3n) is 4.27. The van der Waals surface area contributed by atoms with Crippen LogP contribution < -0.4 is 0 Å². The maximum absolute atomic E-state index is 13.2. The Morgan fingerprint density at radius 3 is 1.22 bits per heavy atom. The molecule has 1 unspecified atom stereocenters. The molecule has 0 saturated heterocycles. The normalized spacial score (nSPS) is 11.3. The fraction of sp³-hybridized carbons (Fsp3) is 0.0952. The third-order valence-corrected chi connectivity index (χ3v) is 4.72. The summed E-state index contributed by atoms with van der Waals surface area (Å²) < 4.78 is 0. The molecule has 0 fully saturated rings. The van der Waals surface area contributed by atoms with Crippen molar-refractivity contribution in [3.05, 3.63) is 108 Å². The van der Waals surface area contributed by atoms with E-state index in [1.54, 1.807) is 9.24 Å². The maximum Gasteiger partial charge on any atom is 0.188 e. The standard InChI is InChI=1S/C21H19OP/c22-20(16-23)21(17-10-4-1-5-11-17,18-12-6-2-7-13-18)19-14-8-3-9-15-19/h1-15H,16,23H2/p+1. The van der Waals surface area contributed by atoms with E-state index in [4.69, 9.17) is 0 Å². The summed E-state index contributed by atoms with van der Waals surface area (Å²) in [5, 5.41) is 0. The van der Waals surface area contributed by atoms with Crippen LogP contribution in [0.2, 0.25) is 0 Å². The van der Waals surface area contributed by atoms with Gasteiger partial charge >= 0.3 is 0 Å². The molecule has 1 nitrogen and oxygen atoms in total. The largest absolute Gasteiger partial charge is 0.294 e. The van der Waals surface area contributed by atoms with E-state index in [-0.39, 0.29) is 5.78 Å². The van der Waals surface area contributed by atoms with E-state index in [1.807, 2.05) is 54.6 Å². The zero-order chi connectivity index (χ0) is 16.1. The number of Topliss-reactive ketones (excluding diaryl/α,β-unsaturated/α-hetero) is 1. The zero-order valence-corrected chi connectivity index (χ0v) is 14.4. The minimum absolute atomic E-state index is 0.222. The summed E-state index contributed by atoms with van der Waals surface area (Å²) in [5.74, 6) is 0.222. The molecule has 1 atom stereocenters. The van der Waals surface area contributed by atoms with Crippen molar-refractivity contribution >= 4 is 15.0 Å². The van der Waals surface area contributed by atoms with Crippen molar-refractivity contribution < 1.29 is 4.79 Å². The maximum atomic E-state index is 13.2. The summed E-state index contributed by atoms with van der Waals surface area (Å²) in [5.41, 5.74) is 2.32. The molecular formula is C21H20OP+. The Morgan fingerprint density at radius 2 is 0.957 bits per heavy atom. The van der Waals surface area contributed by atoms with Crippen LogP contribution in [0.3, 0.4) is 0 Å². The Kier molecular flexibility index (Phi) is 4.69. The second-order valence-electron chi connectivity index (χ2n) is 5.52. The van der Waals surface area contributed by atoms with Gasteiger partial charge in [0, 0.05) is 0 Å². The predicted molar refractivity (Wildman–Crippen MR) is 100 cm³/mol. The summed E-state index contributed by atoms with van der Waals surface area (Å²) in [4.78, 5) is 13.2. The Labute approximate surface area is 139 Å². The SMILES string of the molecule is O=C(C[PH3+])C(c1ccccc1)(c1ccccc1)c1ccccc1. The summed E-state index contributed by atoms with van der Waals surface area (Å²) in [6.45, 7) is 0. The lowest BCUT2D eigenvalue weighted by Crippen LogP contribution is -2.39. The van der Waals surface area contributed by atoms with Gasteiger partial charge < -0.3 is 0 Å². The lowest BCUT2D eigenvalue weighted by atomic mass is 9.67. The molecule has 0 saturated carbocycles. The Bertz CT molecular complexity index is 670. The van der Waals surface area contributed by atoms with Crippen LogP contribution in [0.1, 0.15) is 16.7 Å². The molecule has 3 rings (SSSR count). The molecule has 3 aromatic carbocycles. The molecule has 0 N–H and O–H groups in total.